The van der Waals surface area contributed by atoms with Crippen LogP contribution >= 0.6 is 0 Å². The second-order valence-electron chi connectivity index (χ2n) is 3.54. The first-order chi connectivity index (χ1) is 6.59. The monoisotopic (exact) mass is 188 g/mol. The van der Waals surface area contributed by atoms with Gasteiger partial charge in [0.25, 0.3) is 5.91 Å². The van der Waals surface area contributed by atoms with E-state index in [-0.39, 0.29) is 0 Å². The first-order valence-corrected chi connectivity index (χ1v) is 4.48. The molecule has 1 amide bonds. The van der Waals surface area contributed by atoms with Crippen LogP contribution in [0.15, 0.2) is 18.2 Å². The molecule has 0 radical (unpaired) electrons. The van der Waals surface area contributed by atoms with Gasteiger partial charge < -0.3 is 10.7 Å². The van der Waals surface area contributed by atoms with Crippen LogP contribution < -0.4 is 5.73 Å². The average molecular weight is 188 g/mol. The van der Waals surface area contributed by atoms with Gasteiger partial charge in [0.2, 0.25) is 0 Å². The maximum absolute atomic E-state index is 11.1. The van der Waals surface area contributed by atoms with Crippen molar-refractivity contribution in [3.8, 4) is 0 Å². The Bertz CT molecular complexity index is 511. The van der Waals surface area contributed by atoms with Crippen LogP contribution in [0.4, 0.5) is 0 Å². The Balaban J connectivity index is 2.87. The Hall–Kier alpha value is -1.77. The third-order valence-electron chi connectivity index (χ3n) is 2.41. The van der Waals surface area contributed by atoms with Gasteiger partial charge in [-0.1, -0.05) is 6.07 Å². The second kappa shape index (κ2) is 2.87. The molecule has 0 saturated heterocycles. The van der Waals surface area contributed by atoms with Gasteiger partial charge in [-0.15, -0.1) is 0 Å². The molecule has 72 valence electrons. The molecule has 0 fully saturated rings. The average Bonchev–Trinajstić information content (AvgIpc) is 2.47. The van der Waals surface area contributed by atoms with Gasteiger partial charge in [0.15, 0.2) is 0 Å². The van der Waals surface area contributed by atoms with Crippen molar-refractivity contribution in [2.75, 3.05) is 0 Å². The van der Waals surface area contributed by atoms with E-state index in [0.717, 1.165) is 22.2 Å². The van der Waals surface area contributed by atoms with Crippen LogP contribution in [0.1, 0.15) is 21.6 Å². The minimum atomic E-state index is -0.392. The summed E-state index contributed by atoms with van der Waals surface area (Å²) in [7, 11) is 0. The Kier molecular flexibility index (Phi) is 1.81. The fourth-order valence-electron chi connectivity index (χ4n) is 1.70. The highest BCUT2D eigenvalue weighted by Gasteiger charge is 2.09. The number of hydrogen-bond acceptors (Lipinski definition) is 1. The largest absolute Gasteiger partial charge is 0.366 e. The van der Waals surface area contributed by atoms with Gasteiger partial charge in [0.1, 0.15) is 0 Å². The number of carbonyl (C=O) groups is 1. The number of nitrogens with two attached hydrogens (primary N) is 1. The number of rotatable bonds is 1. The first kappa shape index (κ1) is 8.81. The Morgan fingerprint density at radius 1 is 1.36 bits per heavy atom. The highest BCUT2D eigenvalue weighted by molar-refractivity contribution is 6.05. The van der Waals surface area contributed by atoms with Crippen molar-refractivity contribution in [3.63, 3.8) is 0 Å². The first-order valence-electron chi connectivity index (χ1n) is 4.48. The summed E-state index contributed by atoms with van der Waals surface area (Å²) in [5.74, 6) is -0.392. The molecule has 2 rings (SSSR count). The van der Waals surface area contributed by atoms with E-state index in [1.165, 1.54) is 0 Å². The molecule has 3 nitrogen and oxygen atoms in total. The summed E-state index contributed by atoms with van der Waals surface area (Å²) in [5, 5.41) is 1.07. The molecule has 0 aliphatic rings. The van der Waals surface area contributed by atoms with Gasteiger partial charge in [0, 0.05) is 11.1 Å². The van der Waals surface area contributed by atoms with Crippen molar-refractivity contribution < 1.29 is 4.79 Å². The number of carbonyl (C=O) groups excluding carboxylic acids is 1. The van der Waals surface area contributed by atoms with Crippen molar-refractivity contribution in [2.45, 2.75) is 13.8 Å². The van der Waals surface area contributed by atoms with Crippen molar-refractivity contribution in [1.82, 2.24) is 4.98 Å². The maximum Gasteiger partial charge on any atom is 0.250 e. The molecule has 14 heavy (non-hydrogen) atoms. The summed E-state index contributed by atoms with van der Waals surface area (Å²) >= 11 is 0. The minimum Gasteiger partial charge on any atom is -0.366 e. The van der Waals surface area contributed by atoms with Crippen LogP contribution in [0.25, 0.3) is 10.9 Å². The number of aryl methyl sites for hydroxylation is 2. The number of H-pyrrole nitrogens is 1. The summed E-state index contributed by atoms with van der Waals surface area (Å²) in [6.45, 7) is 3.98. The van der Waals surface area contributed by atoms with Crippen LogP contribution in [-0.4, -0.2) is 10.9 Å². The molecule has 3 heteroatoms. The van der Waals surface area contributed by atoms with Crippen LogP contribution in [0.3, 0.4) is 0 Å². The van der Waals surface area contributed by atoms with E-state index in [0.29, 0.717) is 5.56 Å². The lowest BCUT2D eigenvalue weighted by molar-refractivity contribution is 0.100. The third kappa shape index (κ3) is 1.18. The SMILES string of the molecule is Cc1cc2c(C)ccc(C(N)=O)c2[nH]1. The van der Waals surface area contributed by atoms with Gasteiger partial charge in [0.05, 0.1) is 11.1 Å². The lowest BCUT2D eigenvalue weighted by atomic mass is 10.1. The molecular formula is C11H12N2O. The van der Waals surface area contributed by atoms with Crippen LogP contribution in [0, 0.1) is 13.8 Å². The Labute approximate surface area is 81.9 Å². The lowest BCUT2D eigenvalue weighted by Crippen LogP contribution is -2.11. The van der Waals surface area contributed by atoms with Crippen molar-refractivity contribution in [2.24, 2.45) is 5.73 Å². The molecule has 0 unspecified atom stereocenters. The number of primary amides is 1. The van der Waals surface area contributed by atoms with E-state index in [4.69, 9.17) is 5.73 Å². The topological polar surface area (TPSA) is 58.9 Å². The zero-order chi connectivity index (χ0) is 10.3. The van der Waals surface area contributed by atoms with Gasteiger partial charge >= 0.3 is 0 Å². The molecular weight excluding hydrogens is 176 g/mol. The smallest absolute Gasteiger partial charge is 0.250 e. The highest BCUT2D eigenvalue weighted by Crippen LogP contribution is 2.22. The van der Waals surface area contributed by atoms with Crippen LogP contribution in [0.5, 0.6) is 0 Å². The quantitative estimate of drug-likeness (QED) is 0.705. The molecule has 0 spiro atoms. The van der Waals surface area contributed by atoms with Crippen LogP contribution in [-0.2, 0) is 0 Å². The van der Waals surface area contributed by atoms with E-state index in [1.807, 2.05) is 26.0 Å². The predicted molar refractivity (Wildman–Crippen MR) is 56.3 cm³/mol. The second-order valence-corrected chi connectivity index (χ2v) is 3.54. The molecule has 2 aromatic rings. The van der Waals surface area contributed by atoms with Gasteiger partial charge in [-0.2, -0.15) is 0 Å². The zero-order valence-electron chi connectivity index (χ0n) is 8.22. The number of amides is 1. The summed E-state index contributed by atoms with van der Waals surface area (Å²) in [6, 6.07) is 5.70. The zero-order valence-corrected chi connectivity index (χ0v) is 8.22. The summed E-state index contributed by atoms with van der Waals surface area (Å²) in [5.41, 5.74) is 8.86. The molecule has 1 heterocycles. The van der Waals surface area contributed by atoms with Gasteiger partial charge in [-0.3, -0.25) is 4.79 Å². The van der Waals surface area contributed by atoms with Crippen molar-refractivity contribution >= 4 is 16.8 Å². The van der Waals surface area contributed by atoms with E-state index in [1.54, 1.807) is 6.07 Å². The molecule has 0 saturated carbocycles. The molecule has 0 aliphatic heterocycles. The number of aromatic amines is 1. The highest BCUT2D eigenvalue weighted by atomic mass is 16.1. The number of nitrogens with one attached hydrogen (secondary N) is 1. The molecule has 0 aliphatic carbocycles. The van der Waals surface area contributed by atoms with Gasteiger partial charge in [-0.25, -0.2) is 0 Å². The lowest BCUT2D eigenvalue weighted by Gasteiger charge is -2.00. The standard InChI is InChI=1S/C11H12N2O/c1-6-3-4-8(11(12)14)10-9(6)5-7(2)13-10/h3-5,13H,1-2H3,(H2,12,14). The molecule has 1 aromatic carbocycles. The normalized spacial score (nSPS) is 10.7. The fourth-order valence-corrected chi connectivity index (χ4v) is 1.70. The van der Waals surface area contributed by atoms with E-state index in [2.05, 4.69) is 4.98 Å². The molecule has 1 aromatic heterocycles. The number of benzene rings is 1. The van der Waals surface area contributed by atoms with E-state index in [9.17, 15) is 4.79 Å². The molecule has 0 atom stereocenters. The van der Waals surface area contributed by atoms with Crippen molar-refractivity contribution in [3.05, 3.63) is 35.0 Å². The van der Waals surface area contributed by atoms with Crippen molar-refractivity contribution in [1.29, 1.82) is 0 Å². The third-order valence-corrected chi connectivity index (χ3v) is 2.41. The Morgan fingerprint density at radius 3 is 2.71 bits per heavy atom. The van der Waals surface area contributed by atoms with Crippen LogP contribution in [0.2, 0.25) is 0 Å². The number of hydrogen-bond donors (Lipinski definition) is 2. The molecule has 3 N–H and O–H groups in total. The van der Waals surface area contributed by atoms with E-state index < -0.39 is 5.91 Å². The number of fused-ring (bicyclic) bond motifs is 1. The summed E-state index contributed by atoms with van der Waals surface area (Å²) < 4.78 is 0. The number of aromatic nitrogens is 1. The predicted octanol–water partition coefficient (Wildman–Crippen LogP) is 1.88. The maximum atomic E-state index is 11.1. The summed E-state index contributed by atoms with van der Waals surface area (Å²) in [4.78, 5) is 14.3. The fraction of sp³-hybridized carbons (Fsp3) is 0.182. The van der Waals surface area contributed by atoms with E-state index >= 15 is 0 Å². The minimum absolute atomic E-state index is 0.392. The Morgan fingerprint density at radius 2 is 2.07 bits per heavy atom. The van der Waals surface area contributed by atoms with Gasteiger partial charge in [-0.05, 0) is 31.5 Å². The molecule has 0 bridgehead atoms. The summed E-state index contributed by atoms with van der Waals surface area (Å²) in [6.07, 6.45) is 0.